The van der Waals surface area contributed by atoms with E-state index in [0.717, 1.165) is 5.56 Å². The van der Waals surface area contributed by atoms with E-state index >= 15 is 0 Å². The Morgan fingerprint density at radius 1 is 1.35 bits per heavy atom. The van der Waals surface area contributed by atoms with Crippen LogP contribution >= 0.6 is 11.6 Å². The quantitative estimate of drug-likeness (QED) is 0.873. The Morgan fingerprint density at radius 2 is 2.00 bits per heavy atom. The molecule has 0 radical (unpaired) electrons. The third-order valence-electron chi connectivity index (χ3n) is 2.39. The molecule has 92 valence electrons. The first kappa shape index (κ1) is 13.5. The molecule has 1 amide bonds. The summed E-state index contributed by atoms with van der Waals surface area (Å²) in [4.78, 5) is 23.5. The van der Waals surface area contributed by atoms with Crippen molar-refractivity contribution in [3.63, 3.8) is 0 Å². The lowest BCUT2D eigenvalue weighted by Gasteiger charge is -2.16. The number of hydrogen-bond donors (Lipinski definition) is 1. The predicted octanol–water partition coefficient (Wildman–Crippen LogP) is 1.82. The molecule has 1 aromatic rings. The summed E-state index contributed by atoms with van der Waals surface area (Å²) in [5.74, 6) is -1.05. The van der Waals surface area contributed by atoms with Crippen LogP contribution in [0.4, 0.5) is 0 Å². The van der Waals surface area contributed by atoms with Crippen LogP contribution in [0, 0.1) is 0 Å². The Hall–Kier alpha value is -1.55. The van der Waals surface area contributed by atoms with E-state index < -0.39 is 5.97 Å². The van der Waals surface area contributed by atoms with Gasteiger partial charge in [-0.15, -0.1) is 0 Å². The van der Waals surface area contributed by atoms with Crippen LogP contribution in [0.1, 0.15) is 12.0 Å². The minimum absolute atomic E-state index is 0.0508. The molecular weight excluding hydrogens is 242 g/mol. The molecule has 0 atom stereocenters. The van der Waals surface area contributed by atoms with Crippen LogP contribution in [0.15, 0.2) is 24.3 Å². The Balaban J connectivity index is 2.54. The van der Waals surface area contributed by atoms with Gasteiger partial charge in [0.15, 0.2) is 0 Å². The second-order valence-electron chi connectivity index (χ2n) is 3.73. The molecule has 0 aliphatic rings. The van der Waals surface area contributed by atoms with Crippen molar-refractivity contribution in [1.29, 1.82) is 0 Å². The topological polar surface area (TPSA) is 57.6 Å². The second-order valence-corrected chi connectivity index (χ2v) is 4.13. The van der Waals surface area contributed by atoms with Crippen LogP contribution in [0.2, 0.25) is 5.02 Å². The van der Waals surface area contributed by atoms with Crippen molar-refractivity contribution in [3.8, 4) is 0 Å². The zero-order valence-electron chi connectivity index (χ0n) is 9.52. The van der Waals surface area contributed by atoms with E-state index in [1.807, 2.05) is 6.07 Å². The monoisotopic (exact) mass is 255 g/mol. The van der Waals surface area contributed by atoms with Gasteiger partial charge in [-0.25, -0.2) is 0 Å². The molecule has 0 spiro atoms. The number of amides is 1. The molecule has 0 unspecified atom stereocenters. The van der Waals surface area contributed by atoms with Gasteiger partial charge >= 0.3 is 5.97 Å². The summed E-state index contributed by atoms with van der Waals surface area (Å²) < 4.78 is 0. The molecule has 17 heavy (non-hydrogen) atoms. The van der Waals surface area contributed by atoms with Crippen molar-refractivity contribution in [2.45, 2.75) is 12.8 Å². The number of carboxylic acid groups (broad SMARTS) is 1. The van der Waals surface area contributed by atoms with Crippen LogP contribution in [0.3, 0.4) is 0 Å². The van der Waals surface area contributed by atoms with Gasteiger partial charge in [0.1, 0.15) is 0 Å². The van der Waals surface area contributed by atoms with Crippen molar-refractivity contribution < 1.29 is 14.7 Å². The van der Waals surface area contributed by atoms with Crippen molar-refractivity contribution in [3.05, 3.63) is 34.9 Å². The Labute approximate surface area is 105 Å². The summed E-state index contributed by atoms with van der Waals surface area (Å²) in [5, 5.41) is 9.07. The lowest BCUT2D eigenvalue weighted by molar-refractivity contribution is -0.138. The van der Waals surface area contributed by atoms with Gasteiger partial charge in [0, 0.05) is 18.6 Å². The molecule has 1 N–H and O–H groups in total. The molecule has 0 aliphatic heterocycles. The van der Waals surface area contributed by atoms with Gasteiger partial charge in [-0.05, 0) is 11.6 Å². The lowest BCUT2D eigenvalue weighted by atomic mass is 10.1. The molecule has 1 rings (SSSR count). The first-order valence-corrected chi connectivity index (χ1v) is 5.57. The number of nitrogens with zero attached hydrogens (tertiary/aromatic N) is 1. The fraction of sp³-hybridized carbons (Fsp3) is 0.333. The highest BCUT2D eigenvalue weighted by Crippen LogP contribution is 2.15. The summed E-state index contributed by atoms with van der Waals surface area (Å²) in [5.41, 5.74) is 0.751. The lowest BCUT2D eigenvalue weighted by Crippen LogP contribution is -2.30. The SMILES string of the molecule is CN(CCC(=O)O)C(=O)Cc1ccccc1Cl. The second kappa shape index (κ2) is 6.25. The molecule has 0 aliphatic carbocycles. The zero-order valence-corrected chi connectivity index (χ0v) is 10.3. The van der Waals surface area contributed by atoms with Crippen molar-refractivity contribution in [2.75, 3.05) is 13.6 Å². The van der Waals surface area contributed by atoms with E-state index in [9.17, 15) is 9.59 Å². The number of likely N-dealkylation sites (N-methyl/N-ethyl adjacent to an activating group) is 1. The van der Waals surface area contributed by atoms with E-state index in [1.54, 1.807) is 25.2 Å². The summed E-state index contributed by atoms with van der Waals surface area (Å²) in [6.07, 6.45) is 0.139. The standard InChI is InChI=1S/C12H14ClNO3/c1-14(7-6-12(16)17)11(15)8-9-4-2-3-5-10(9)13/h2-5H,6-8H2,1H3,(H,16,17). The molecule has 5 heteroatoms. The number of aliphatic carboxylic acids is 1. The van der Waals surface area contributed by atoms with Gasteiger partial charge in [-0.3, -0.25) is 9.59 Å². The van der Waals surface area contributed by atoms with E-state index in [0.29, 0.717) is 5.02 Å². The van der Waals surface area contributed by atoms with Crippen LogP contribution in [-0.2, 0) is 16.0 Å². The molecule has 1 aromatic carbocycles. The fourth-order valence-corrected chi connectivity index (χ4v) is 1.53. The molecule has 0 aromatic heterocycles. The Morgan fingerprint density at radius 3 is 2.59 bits per heavy atom. The molecule has 0 saturated heterocycles. The van der Waals surface area contributed by atoms with Gasteiger partial charge in [-0.1, -0.05) is 29.8 Å². The third kappa shape index (κ3) is 4.44. The van der Waals surface area contributed by atoms with Gasteiger partial charge in [0.25, 0.3) is 0 Å². The summed E-state index contributed by atoms with van der Waals surface area (Å²) in [6, 6.07) is 7.11. The predicted molar refractivity (Wildman–Crippen MR) is 65.0 cm³/mol. The van der Waals surface area contributed by atoms with E-state index in [1.165, 1.54) is 4.90 Å². The molecule has 4 nitrogen and oxygen atoms in total. The Bertz CT molecular complexity index is 420. The van der Waals surface area contributed by atoms with E-state index in [-0.39, 0.29) is 25.3 Å². The maximum Gasteiger partial charge on any atom is 0.305 e. The average Bonchev–Trinajstić information content (AvgIpc) is 2.28. The number of carboxylic acids is 1. The van der Waals surface area contributed by atoms with E-state index in [4.69, 9.17) is 16.7 Å². The van der Waals surface area contributed by atoms with Crippen molar-refractivity contribution >= 4 is 23.5 Å². The average molecular weight is 256 g/mol. The highest BCUT2D eigenvalue weighted by atomic mass is 35.5. The number of halogens is 1. The maximum absolute atomic E-state index is 11.8. The van der Waals surface area contributed by atoms with Crippen LogP contribution in [-0.4, -0.2) is 35.5 Å². The van der Waals surface area contributed by atoms with Crippen LogP contribution in [0.25, 0.3) is 0 Å². The van der Waals surface area contributed by atoms with Gasteiger partial charge < -0.3 is 10.0 Å². The van der Waals surface area contributed by atoms with Crippen molar-refractivity contribution in [1.82, 2.24) is 4.90 Å². The molecule has 0 fully saturated rings. The number of carbonyl (C=O) groups is 2. The number of rotatable bonds is 5. The van der Waals surface area contributed by atoms with Crippen molar-refractivity contribution in [2.24, 2.45) is 0 Å². The first-order valence-electron chi connectivity index (χ1n) is 5.20. The van der Waals surface area contributed by atoms with Gasteiger partial charge in [0.2, 0.25) is 5.91 Å². The minimum Gasteiger partial charge on any atom is -0.481 e. The molecule has 0 heterocycles. The van der Waals surface area contributed by atoms with E-state index in [2.05, 4.69) is 0 Å². The Kier molecular flexibility index (Phi) is 4.97. The maximum atomic E-state index is 11.8. The molecular formula is C12H14ClNO3. The smallest absolute Gasteiger partial charge is 0.305 e. The first-order chi connectivity index (χ1) is 8.00. The number of carbonyl (C=O) groups excluding carboxylic acids is 1. The molecule has 0 saturated carbocycles. The van der Waals surface area contributed by atoms with Crippen LogP contribution < -0.4 is 0 Å². The van der Waals surface area contributed by atoms with Gasteiger partial charge in [-0.2, -0.15) is 0 Å². The summed E-state index contributed by atoms with van der Waals surface area (Å²) in [6.45, 7) is 0.207. The fourth-order valence-electron chi connectivity index (χ4n) is 1.33. The number of benzene rings is 1. The summed E-state index contributed by atoms with van der Waals surface area (Å²) >= 11 is 5.94. The molecule has 0 bridgehead atoms. The highest BCUT2D eigenvalue weighted by molar-refractivity contribution is 6.31. The van der Waals surface area contributed by atoms with Crippen LogP contribution in [0.5, 0.6) is 0 Å². The minimum atomic E-state index is -0.914. The largest absolute Gasteiger partial charge is 0.481 e. The third-order valence-corrected chi connectivity index (χ3v) is 2.76. The normalized spacial score (nSPS) is 10.0. The highest BCUT2D eigenvalue weighted by Gasteiger charge is 2.12. The number of hydrogen-bond acceptors (Lipinski definition) is 2. The summed E-state index contributed by atoms with van der Waals surface area (Å²) in [7, 11) is 1.59. The van der Waals surface area contributed by atoms with Gasteiger partial charge in [0.05, 0.1) is 12.8 Å². The zero-order chi connectivity index (χ0) is 12.8.